The van der Waals surface area contributed by atoms with Crippen LogP contribution in [-0.2, 0) is 11.2 Å². The Morgan fingerprint density at radius 2 is 1.39 bits per heavy atom. The zero-order valence-corrected chi connectivity index (χ0v) is 16.6. The number of fused-ring (bicyclic) bond motifs is 1. The van der Waals surface area contributed by atoms with Gasteiger partial charge in [0.25, 0.3) is 0 Å². The highest BCUT2D eigenvalue weighted by Crippen LogP contribution is 2.46. The van der Waals surface area contributed by atoms with Crippen molar-refractivity contribution in [2.24, 2.45) is 0 Å². The maximum atomic E-state index is 12.8. The highest BCUT2D eigenvalue weighted by molar-refractivity contribution is 5.95. The van der Waals surface area contributed by atoms with Gasteiger partial charge in [0.2, 0.25) is 11.5 Å². The van der Waals surface area contributed by atoms with Crippen molar-refractivity contribution in [3.05, 3.63) is 53.1 Å². The zero-order valence-electron chi connectivity index (χ0n) is 16.6. The van der Waals surface area contributed by atoms with Crippen LogP contribution in [0.4, 0.5) is 0 Å². The van der Waals surface area contributed by atoms with E-state index in [0.29, 0.717) is 6.07 Å². The first-order chi connectivity index (χ1) is 15.5. The van der Waals surface area contributed by atoms with Gasteiger partial charge in [0.05, 0.1) is 0 Å². The van der Waals surface area contributed by atoms with E-state index in [9.17, 15) is 45.6 Å². The second kappa shape index (κ2) is 7.79. The Labute approximate surface area is 185 Å². The van der Waals surface area contributed by atoms with Crippen LogP contribution in [0.25, 0.3) is 0 Å². The number of rotatable bonds is 3. The van der Waals surface area contributed by atoms with Gasteiger partial charge in [-0.25, -0.2) is 4.79 Å². The zero-order chi connectivity index (χ0) is 24.0. The first kappa shape index (κ1) is 21.6. The number of benzene rings is 3. The number of phenols is 8. The van der Waals surface area contributed by atoms with E-state index in [1.54, 1.807) is 0 Å². The van der Waals surface area contributed by atoms with E-state index in [2.05, 4.69) is 0 Å². The van der Waals surface area contributed by atoms with Crippen molar-refractivity contribution in [2.75, 3.05) is 0 Å². The number of carbonyl (C=O) groups is 1. The fraction of sp³-hybridized carbons (Fsp3) is 0.136. The van der Waals surface area contributed by atoms with Crippen molar-refractivity contribution >= 4 is 5.97 Å². The summed E-state index contributed by atoms with van der Waals surface area (Å²) < 4.78 is 11.2. The van der Waals surface area contributed by atoms with Crippen LogP contribution in [0, 0.1) is 0 Å². The summed E-state index contributed by atoms with van der Waals surface area (Å²) in [6, 6.07) is 6.53. The lowest BCUT2D eigenvalue weighted by Crippen LogP contribution is -2.34. The normalized spacial score (nSPS) is 17.1. The minimum Gasteiger partial charge on any atom is -0.508 e. The molecule has 33 heavy (non-hydrogen) atoms. The number of carbonyl (C=O) groups excluding carboxylic acids is 1. The summed E-state index contributed by atoms with van der Waals surface area (Å²) in [6.07, 6.45) is -2.51. The van der Waals surface area contributed by atoms with Crippen molar-refractivity contribution < 1.29 is 55.1 Å². The molecule has 1 aliphatic rings. The number of aromatic hydroxyl groups is 8. The fourth-order valence-electron chi connectivity index (χ4n) is 3.61. The minimum atomic E-state index is -1.22. The van der Waals surface area contributed by atoms with Gasteiger partial charge in [-0.15, -0.1) is 0 Å². The summed E-state index contributed by atoms with van der Waals surface area (Å²) in [5.74, 6) is -6.49. The van der Waals surface area contributed by atoms with Gasteiger partial charge in [-0.3, -0.25) is 0 Å². The second-order valence-electron chi connectivity index (χ2n) is 7.40. The first-order valence-corrected chi connectivity index (χ1v) is 9.47. The van der Waals surface area contributed by atoms with E-state index in [1.807, 2.05) is 0 Å². The minimum absolute atomic E-state index is 0.0652. The first-order valence-electron chi connectivity index (χ1n) is 9.47. The average molecular weight is 458 g/mol. The molecule has 11 nitrogen and oxygen atoms in total. The predicted octanol–water partition coefficient (Wildman–Crippen LogP) is 2.23. The molecule has 0 saturated carbocycles. The Kier molecular flexibility index (Phi) is 5.09. The van der Waals surface area contributed by atoms with Gasteiger partial charge in [-0.05, 0) is 12.1 Å². The lowest BCUT2D eigenvalue weighted by Gasteiger charge is -2.34. The molecule has 3 aromatic rings. The topological polar surface area (TPSA) is 197 Å². The Morgan fingerprint density at radius 3 is 2.06 bits per heavy atom. The van der Waals surface area contributed by atoms with E-state index in [4.69, 9.17) is 9.47 Å². The molecule has 4 rings (SSSR count). The van der Waals surface area contributed by atoms with E-state index in [-0.39, 0.29) is 46.3 Å². The molecule has 0 spiro atoms. The third-order valence-corrected chi connectivity index (χ3v) is 5.13. The van der Waals surface area contributed by atoms with Gasteiger partial charge in [0.1, 0.15) is 40.4 Å². The van der Waals surface area contributed by atoms with Crippen LogP contribution in [-0.4, -0.2) is 52.9 Å². The molecule has 3 aromatic carbocycles. The SMILES string of the molecule is O=C(OC1Cc2c(O)cc(O)cc2OC1c1cc(O)cc(O)c1)c1cc(O)c(O)c(O)c1O. The lowest BCUT2D eigenvalue weighted by molar-refractivity contribution is -0.0191. The van der Waals surface area contributed by atoms with E-state index < -0.39 is 46.7 Å². The van der Waals surface area contributed by atoms with Gasteiger partial charge in [-0.2, -0.15) is 0 Å². The molecule has 1 heterocycles. The van der Waals surface area contributed by atoms with Crippen molar-refractivity contribution in [2.45, 2.75) is 18.6 Å². The molecule has 0 saturated heterocycles. The molecule has 8 N–H and O–H groups in total. The van der Waals surface area contributed by atoms with E-state index in [0.717, 1.165) is 12.1 Å². The standard InChI is InChI=1S/C22H18O11/c23-9-1-8(2-10(24)3-9)21-17(7-12-14(26)4-11(25)5-16(12)32-21)33-22(31)13-6-15(27)19(29)20(30)18(13)28/h1-6,17,21,23-30H,7H2. The summed E-state index contributed by atoms with van der Waals surface area (Å²) in [6.45, 7) is 0. The van der Waals surface area contributed by atoms with E-state index in [1.165, 1.54) is 18.2 Å². The highest BCUT2D eigenvalue weighted by Gasteiger charge is 2.37. The van der Waals surface area contributed by atoms with Crippen molar-refractivity contribution in [3.8, 4) is 51.7 Å². The van der Waals surface area contributed by atoms with Crippen LogP contribution >= 0.6 is 0 Å². The van der Waals surface area contributed by atoms with Gasteiger partial charge in [-0.1, -0.05) is 0 Å². The Balaban J connectivity index is 1.76. The third-order valence-electron chi connectivity index (χ3n) is 5.13. The van der Waals surface area contributed by atoms with Crippen LogP contribution in [0.3, 0.4) is 0 Å². The molecule has 172 valence electrons. The monoisotopic (exact) mass is 458 g/mol. The summed E-state index contributed by atoms with van der Waals surface area (Å²) >= 11 is 0. The molecule has 0 fully saturated rings. The molecule has 2 atom stereocenters. The number of hydrogen-bond acceptors (Lipinski definition) is 11. The summed E-state index contributed by atoms with van der Waals surface area (Å²) in [4.78, 5) is 12.8. The van der Waals surface area contributed by atoms with E-state index >= 15 is 0 Å². The quantitative estimate of drug-likeness (QED) is 0.163. The Morgan fingerprint density at radius 1 is 0.758 bits per heavy atom. The van der Waals surface area contributed by atoms with Gasteiger partial charge >= 0.3 is 5.97 Å². The van der Waals surface area contributed by atoms with Crippen LogP contribution in [0.5, 0.6) is 51.7 Å². The van der Waals surface area contributed by atoms with Crippen molar-refractivity contribution in [3.63, 3.8) is 0 Å². The smallest absolute Gasteiger partial charge is 0.342 e. The Hall–Kier alpha value is -4.67. The number of phenolic OH excluding ortho intramolecular Hbond substituents is 8. The van der Waals surface area contributed by atoms with Crippen LogP contribution in [0.2, 0.25) is 0 Å². The van der Waals surface area contributed by atoms with Crippen LogP contribution < -0.4 is 4.74 Å². The lowest BCUT2D eigenvalue weighted by atomic mass is 9.93. The van der Waals surface area contributed by atoms with Crippen molar-refractivity contribution in [1.29, 1.82) is 0 Å². The largest absolute Gasteiger partial charge is 0.508 e. The van der Waals surface area contributed by atoms with Gasteiger partial charge in [0, 0.05) is 41.8 Å². The number of hydrogen-bond donors (Lipinski definition) is 8. The molecular weight excluding hydrogens is 440 g/mol. The molecule has 2 unspecified atom stereocenters. The van der Waals surface area contributed by atoms with Crippen LogP contribution in [0.15, 0.2) is 36.4 Å². The van der Waals surface area contributed by atoms with Crippen LogP contribution in [0.1, 0.15) is 27.6 Å². The molecule has 0 aliphatic carbocycles. The number of ether oxygens (including phenoxy) is 2. The Bertz CT molecular complexity index is 1250. The molecule has 0 bridgehead atoms. The van der Waals surface area contributed by atoms with Gasteiger partial charge in [0.15, 0.2) is 17.6 Å². The molecule has 1 aliphatic heterocycles. The summed E-state index contributed by atoms with van der Waals surface area (Å²) in [7, 11) is 0. The highest BCUT2D eigenvalue weighted by atomic mass is 16.6. The number of esters is 1. The second-order valence-corrected chi connectivity index (χ2v) is 7.40. The molecule has 0 aromatic heterocycles. The summed E-state index contributed by atoms with van der Waals surface area (Å²) in [5.41, 5.74) is -0.299. The predicted molar refractivity (Wildman–Crippen MR) is 109 cm³/mol. The average Bonchev–Trinajstić information content (AvgIpc) is 2.74. The van der Waals surface area contributed by atoms with Crippen molar-refractivity contribution in [1.82, 2.24) is 0 Å². The maximum Gasteiger partial charge on any atom is 0.342 e. The maximum absolute atomic E-state index is 12.8. The fourth-order valence-corrected chi connectivity index (χ4v) is 3.61. The molecule has 11 heteroatoms. The van der Waals surface area contributed by atoms with Gasteiger partial charge < -0.3 is 50.3 Å². The molecule has 0 radical (unpaired) electrons. The third kappa shape index (κ3) is 3.87. The summed E-state index contributed by atoms with van der Waals surface area (Å²) in [5, 5.41) is 78.6. The molecule has 0 amide bonds. The molecular formula is C22H18O11.